The molecular formula is C26H27N3O4. The summed E-state index contributed by atoms with van der Waals surface area (Å²) in [4.78, 5) is 38.5. The van der Waals surface area contributed by atoms with Crippen molar-refractivity contribution in [1.82, 2.24) is 14.9 Å². The molecule has 0 radical (unpaired) electrons. The Morgan fingerprint density at radius 3 is 2.61 bits per heavy atom. The van der Waals surface area contributed by atoms with Crippen LogP contribution in [0.2, 0.25) is 0 Å². The van der Waals surface area contributed by atoms with E-state index in [0.717, 1.165) is 18.4 Å². The first kappa shape index (κ1) is 21.5. The van der Waals surface area contributed by atoms with Crippen LogP contribution in [0.25, 0.3) is 0 Å². The van der Waals surface area contributed by atoms with Crippen molar-refractivity contribution in [3.05, 3.63) is 69.9 Å². The second-order valence-corrected chi connectivity index (χ2v) is 8.97. The van der Waals surface area contributed by atoms with Gasteiger partial charge in [0.2, 0.25) is 5.91 Å². The lowest BCUT2D eigenvalue weighted by Crippen LogP contribution is -2.23. The third kappa shape index (κ3) is 3.96. The second-order valence-electron chi connectivity index (χ2n) is 8.97. The zero-order valence-corrected chi connectivity index (χ0v) is 18.8. The largest absolute Gasteiger partial charge is 0.360 e. The number of carbonyl (C=O) groups excluding carboxylic acids is 3. The lowest BCUT2D eigenvalue weighted by Gasteiger charge is -2.23. The lowest BCUT2D eigenvalue weighted by atomic mass is 9.81. The number of aromatic nitrogens is 3. The molecule has 5 rings (SSSR count). The van der Waals surface area contributed by atoms with Crippen molar-refractivity contribution in [1.29, 1.82) is 0 Å². The van der Waals surface area contributed by atoms with Crippen LogP contribution in [0.4, 0.5) is 0 Å². The third-order valence-corrected chi connectivity index (χ3v) is 6.69. The van der Waals surface area contributed by atoms with Crippen LogP contribution in [0, 0.1) is 0 Å². The van der Waals surface area contributed by atoms with Crippen molar-refractivity contribution in [2.24, 2.45) is 0 Å². The van der Waals surface area contributed by atoms with Gasteiger partial charge < -0.3 is 4.52 Å². The molecule has 0 amide bonds. The molecule has 1 unspecified atom stereocenters. The van der Waals surface area contributed by atoms with Crippen LogP contribution in [0.1, 0.15) is 98.9 Å². The number of nitrogens with zero attached hydrogens (tertiary/aromatic N) is 3. The summed E-state index contributed by atoms with van der Waals surface area (Å²) in [5, 5.41) is 8.76. The third-order valence-electron chi connectivity index (χ3n) is 6.69. The normalized spacial score (nSPS) is 17.7. The Morgan fingerprint density at radius 2 is 1.82 bits per heavy atom. The number of hydrogen-bond acceptors (Lipinski definition) is 6. The van der Waals surface area contributed by atoms with Crippen molar-refractivity contribution < 1.29 is 18.9 Å². The highest BCUT2D eigenvalue weighted by Crippen LogP contribution is 2.35. The summed E-state index contributed by atoms with van der Waals surface area (Å²) in [6.45, 7) is 1.96. The molecule has 1 atom stereocenters. The summed E-state index contributed by atoms with van der Waals surface area (Å²) in [5.41, 5.74) is 4.24. The summed E-state index contributed by atoms with van der Waals surface area (Å²) in [7, 11) is 0. The van der Waals surface area contributed by atoms with E-state index in [9.17, 15) is 14.4 Å². The van der Waals surface area contributed by atoms with Crippen LogP contribution in [-0.2, 0) is 25.7 Å². The molecule has 0 saturated carbocycles. The van der Waals surface area contributed by atoms with Gasteiger partial charge in [0.25, 0.3) is 0 Å². The van der Waals surface area contributed by atoms with Crippen molar-refractivity contribution in [2.45, 2.75) is 70.6 Å². The lowest BCUT2D eigenvalue weighted by molar-refractivity contribution is 0.0879. The summed E-state index contributed by atoms with van der Waals surface area (Å²) in [5.74, 6) is 0.696. The van der Waals surface area contributed by atoms with E-state index in [1.54, 1.807) is 0 Å². The fraction of sp³-hybridized carbons (Fsp3) is 0.423. The van der Waals surface area contributed by atoms with Gasteiger partial charge in [-0.15, -0.1) is 0 Å². The summed E-state index contributed by atoms with van der Waals surface area (Å²) in [6, 6.07) is 9.97. The Bertz CT molecular complexity index is 1220. The number of carbonyl (C=O) groups is 3. The van der Waals surface area contributed by atoms with Gasteiger partial charge in [-0.3, -0.25) is 14.4 Å². The van der Waals surface area contributed by atoms with Crippen LogP contribution in [-0.4, -0.2) is 32.4 Å². The monoisotopic (exact) mass is 445 g/mol. The Morgan fingerprint density at radius 1 is 1.03 bits per heavy atom. The maximum atomic E-state index is 13.3. The number of benzene rings is 1. The van der Waals surface area contributed by atoms with Crippen LogP contribution < -0.4 is 0 Å². The number of ketones is 2. The molecule has 7 nitrogen and oxygen atoms in total. The van der Waals surface area contributed by atoms with Gasteiger partial charge in [0, 0.05) is 25.7 Å². The van der Waals surface area contributed by atoms with Gasteiger partial charge in [0.05, 0.1) is 28.2 Å². The van der Waals surface area contributed by atoms with Crippen LogP contribution in [0.15, 0.2) is 34.9 Å². The fourth-order valence-corrected chi connectivity index (χ4v) is 5.10. The van der Waals surface area contributed by atoms with Gasteiger partial charge in [-0.25, -0.2) is 4.68 Å². The first-order chi connectivity index (χ1) is 16.1. The molecule has 1 aromatic carbocycles. The molecule has 33 heavy (non-hydrogen) atoms. The fourth-order valence-electron chi connectivity index (χ4n) is 5.10. The van der Waals surface area contributed by atoms with Gasteiger partial charge in [0.15, 0.2) is 11.6 Å². The van der Waals surface area contributed by atoms with Crippen molar-refractivity contribution in [3.8, 4) is 0 Å². The molecule has 0 spiro atoms. The van der Waals surface area contributed by atoms with E-state index in [-0.39, 0.29) is 23.4 Å². The quantitative estimate of drug-likeness (QED) is 0.553. The Hall–Kier alpha value is -3.35. The molecule has 0 aliphatic heterocycles. The number of fused-ring (bicyclic) bond motifs is 2. The smallest absolute Gasteiger partial charge is 0.247 e. The number of rotatable bonds is 6. The van der Waals surface area contributed by atoms with E-state index in [1.165, 1.54) is 4.68 Å². The van der Waals surface area contributed by atoms with Crippen LogP contribution in [0.3, 0.4) is 0 Å². The molecule has 170 valence electrons. The van der Waals surface area contributed by atoms with E-state index in [0.29, 0.717) is 78.9 Å². The molecule has 0 saturated heterocycles. The Kier molecular flexibility index (Phi) is 5.79. The first-order valence-electron chi connectivity index (χ1n) is 11.8. The van der Waals surface area contributed by atoms with Crippen LogP contribution in [0.5, 0.6) is 0 Å². The Balaban J connectivity index is 1.47. The van der Waals surface area contributed by atoms with Gasteiger partial charge >= 0.3 is 0 Å². The molecule has 2 aliphatic rings. The Labute approximate surface area is 192 Å². The molecular weight excluding hydrogens is 418 g/mol. The second kappa shape index (κ2) is 8.89. The number of Topliss-reactive ketones (excluding diaryl/α,β-unsaturated/α-hetero) is 2. The molecule has 2 aliphatic carbocycles. The minimum absolute atomic E-state index is 0.0221. The highest BCUT2D eigenvalue weighted by molar-refractivity contribution is 6.01. The summed E-state index contributed by atoms with van der Waals surface area (Å²) < 4.78 is 6.86. The molecule has 2 heterocycles. The predicted octanol–water partition coefficient (Wildman–Crippen LogP) is 4.53. The van der Waals surface area contributed by atoms with E-state index in [4.69, 9.17) is 4.52 Å². The van der Waals surface area contributed by atoms with E-state index in [2.05, 4.69) is 10.3 Å². The van der Waals surface area contributed by atoms with Gasteiger partial charge in [-0.1, -0.05) is 42.4 Å². The standard InChI is InChI=1S/C26H27N3O4/c1-2-7-24(32)29-20-14-17(16-8-4-3-5-9-16)15-22(31)25(20)18(27-29)12-13-19-26-21(30)10-6-11-23(26)33-28-19/h3-5,8-9,17H,2,6-7,10-15H2,1H3. The van der Waals surface area contributed by atoms with Gasteiger partial charge in [-0.2, -0.15) is 5.10 Å². The average Bonchev–Trinajstić information content (AvgIpc) is 3.41. The molecule has 2 aromatic heterocycles. The van der Waals surface area contributed by atoms with E-state index < -0.39 is 0 Å². The molecule has 3 aromatic rings. The minimum atomic E-state index is -0.0875. The maximum Gasteiger partial charge on any atom is 0.247 e. The first-order valence-corrected chi connectivity index (χ1v) is 11.8. The highest BCUT2D eigenvalue weighted by Gasteiger charge is 2.34. The SMILES string of the molecule is CCCC(=O)n1nc(CCc2noc3c2C(=O)CCC3)c2c1CC(c1ccccc1)CC2=O. The summed E-state index contributed by atoms with van der Waals surface area (Å²) in [6.07, 6.45) is 5.00. The summed E-state index contributed by atoms with van der Waals surface area (Å²) >= 11 is 0. The minimum Gasteiger partial charge on any atom is -0.360 e. The highest BCUT2D eigenvalue weighted by atomic mass is 16.5. The average molecular weight is 446 g/mol. The van der Waals surface area contributed by atoms with Gasteiger partial charge in [0.1, 0.15) is 5.76 Å². The topological polar surface area (TPSA) is 95.1 Å². The van der Waals surface area contributed by atoms with Crippen LogP contribution >= 0.6 is 0 Å². The van der Waals surface area contributed by atoms with Gasteiger partial charge in [-0.05, 0) is 43.6 Å². The predicted molar refractivity (Wildman–Crippen MR) is 121 cm³/mol. The maximum absolute atomic E-state index is 13.3. The molecule has 0 bridgehead atoms. The molecule has 0 N–H and O–H groups in total. The number of aryl methyl sites for hydroxylation is 3. The van der Waals surface area contributed by atoms with Crippen molar-refractivity contribution >= 4 is 17.5 Å². The zero-order chi connectivity index (χ0) is 22.9. The van der Waals surface area contributed by atoms with E-state index >= 15 is 0 Å². The molecule has 7 heteroatoms. The number of hydrogen-bond donors (Lipinski definition) is 0. The zero-order valence-electron chi connectivity index (χ0n) is 18.8. The van der Waals surface area contributed by atoms with Crippen molar-refractivity contribution in [2.75, 3.05) is 0 Å². The molecule has 0 fully saturated rings. The van der Waals surface area contributed by atoms with E-state index in [1.807, 2.05) is 37.3 Å². The van der Waals surface area contributed by atoms with Crippen molar-refractivity contribution in [3.63, 3.8) is 0 Å².